The molecule has 2 rings (SSSR count). The minimum absolute atomic E-state index is 0.420. The second-order valence-corrected chi connectivity index (χ2v) is 6.44. The Labute approximate surface area is 166 Å². The lowest BCUT2D eigenvalue weighted by molar-refractivity contribution is 0.305. The largest absolute Gasteiger partial charge is 0.497 e. The molecule has 0 heterocycles. The molecule has 0 amide bonds. The number of nitrogens with one attached hydrogen (secondary N) is 2. The Balaban J connectivity index is 1.72. The van der Waals surface area contributed by atoms with Crippen molar-refractivity contribution in [1.82, 2.24) is 5.43 Å². The molecule has 0 saturated heterocycles. The van der Waals surface area contributed by atoms with Gasteiger partial charge in [0, 0.05) is 5.69 Å². The molecule has 0 spiro atoms. The van der Waals surface area contributed by atoms with Gasteiger partial charge in [-0.05, 0) is 72.7 Å². The molecule has 0 bridgehead atoms. The molecule has 0 aliphatic carbocycles. The highest BCUT2D eigenvalue weighted by Crippen LogP contribution is 2.15. The molecule has 5 nitrogen and oxygen atoms in total. The quantitative estimate of drug-likeness (QED) is 0.262. The van der Waals surface area contributed by atoms with Gasteiger partial charge in [0.25, 0.3) is 0 Å². The Bertz CT molecular complexity index is 715. The fourth-order valence-electron chi connectivity index (χ4n) is 2.37. The first kappa shape index (κ1) is 20.7. The summed E-state index contributed by atoms with van der Waals surface area (Å²) in [5, 5.41) is 7.63. The number of hydrogen-bond donors (Lipinski definition) is 2. The lowest BCUT2D eigenvalue weighted by Gasteiger charge is -2.08. The maximum absolute atomic E-state index is 5.73. The SMILES string of the molecule is CCCCCCOc1ccc(/C=N\NC(=S)Nc2ccc(OC)cc2)cc1. The lowest BCUT2D eigenvalue weighted by Crippen LogP contribution is -2.23. The monoisotopic (exact) mass is 385 g/mol. The first-order chi connectivity index (χ1) is 13.2. The van der Waals surface area contributed by atoms with Gasteiger partial charge in [-0.2, -0.15) is 5.10 Å². The van der Waals surface area contributed by atoms with Crippen LogP contribution in [0.25, 0.3) is 0 Å². The topological polar surface area (TPSA) is 54.9 Å². The molecule has 0 aromatic heterocycles. The summed E-state index contributed by atoms with van der Waals surface area (Å²) < 4.78 is 10.9. The van der Waals surface area contributed by atoms with Crippen LogP contribution in [-0.2, 0) is 0 Å². The standard InChI is InChI=1S/C21H27N3O2S/c1-3-4-5-6-15-26-20-11-7-17(8-12-20)16-22-24-21(27)23-18-9-13-19(25-2)14-10-18/h7-14,16H,3-6,15H2,1-2H3,(H2,23,24,27)/b22-16-. The minimum atomic E-state index is 0.420. The zero-order chi connectivity index (χ0) is 19.3. The molecule has 0 atom stereocenters. The molecular weight excluding hydrogens is 358 g/mol. The number of unbranched alkanes of at least 4 members (excludes halogenated alkanes) is 3. The zero-order valence-electron chi connectivity index (χ0n) is 15.9. The van der Waals surface area contributed by atoms with Gasteiger partial charge >= 0.3 is 0 Å². The van der Waals surface area contributed by atoms with Gasteiger partial charge in [-0.25, -0.2) is 0 Å². The zero-order valence-corrected chi connectivity index (χ0v) is 16.7. The minimum Gasteiger partial charge on any atom is -0.497 e. The van der Waals surface area contributed by atoms with E-state index in [1.165, 1.54) is 19.3 Å². The maximum Gasteiger partial charge on any atom is 0.191 e. The Morgan fingerprint density at radius 1 is 1.00 bits per heavy atom. The lowest BCUT2D eigenvalue weighted by atomic mass is 10.2. The number of anilines is 1. The van der Waals surface area contributed by atoms with E-state index in [1.54, 1.807) is 13.3 Å². The van der Waals surface area contributed by atoms with E-state index in [0.717, 1.165) is 35.8 Å². The predicted molar refractivity (Wildman–Crippen MR) is 116 cm³/mol. The highest BCUT2D eigenvalue weighted by atomic mass is 32.1. The van der Waals surface area contributed by atoms with Gasteiger partial charge in [0.1, 0.15) is 11.5 Å². The molecule has 0 radical (unpaired) electrons. The van der Waals surface area contributed by atoms with Gasteiger partial charge < -0.3 is 14.8 Å². The van der Waals surface area contributed by atoms with E-state index in [0.29, 0.717) is 5.11 Å². The van der Waals surface area contributed by atoms with E-state index in [4.69, 9.17) is 21.7 Å². The van der Waals surface area contributed by atoms with E-state index >= 15 is 0 Å². The van der Waals surface area contributed by atoms with Crippen LogP contribution in [0.5, 0.6) is 11.5 Å². The van der Waals surface area contributed by atoms with Crippen molar-refractivity contribution in [1.29, 1.82) is 0 Å². The van der Waals surface area contributed by atoms with Gasteiger partial charge in [0.05, 0.1) is 19.9 Å². The summed E-state index contributed by atoms with van der Waals surface area (Å²) in [6.45, 7) is 2.97. The Morgan fingerprint density at radius 2 is 1.70 bits per heavy atom. The summed E-state index contributed by atoms with van der Waals surface area (Å²) in [7, 11) is 1.63. The average Bonchev–Trinajstić information content (AvgIpc) is 2.69. The number of benzene rings is 2. The van der Waals surface area contributed by atoms with Crippen LogP contribution in [0.2, 0.25) is 0 Å². The van der Waals surface area contributed by atoms with Crippen LogP contribution >= 0.6 is 12.2 Å². The van der Waals surface area contributed by atoms with Crippen LogP contribution in [0.1, 0.15) is 38.2 Å². The fourth-order valence-corrected chi connectivity index (χ4v) is 2.54. The van der Waals surface area contributed by atoms with E-state index in [9.17, 15) is 0 Å². The van der Waals surface area contributed by atoms with Gasteiger partial charge in [0.15, 0.2) is 5.11 Å². The highest BCUT2D eigenvalue weighted by molar-refractivity contribution is 7.80. The molecule has 2 N–H and O–H groups in total. The predicted octanol–water partition coefficient (Wildman–Crippen LogP) is 4.97. The van der Waals surface area contributed by atoms with Crippen molar-refractivity contribution in [3.63, 3.8) is 0 Å². The third-order valence-corrected chi connectivity index (χ3v) is 4.07. The van der Waals surface area contributed by atoms with Crippen LogP contribution in [0.15, 0.2) is 53.6 Å². The number of thiocarbonyl (C=S) groups is 1. The van der Waals surface area contributed by atoms with Crippen LogP contribution in [0.3, 0.4) is 0 Å². The number of hydrazone groups is 1. The van der Waals surface area contributed by atoms with E-state index in [-0.39, 0.29) is 0 Å². The Kier molecular flexibility index (Phi) is 9.13. The van der Waals surface area contributed by atoms with Crippen molar-refractivity contribution in [3.8, 4) is 11.5 Å². The summed E-state index contributed by atoms with van der Waals surface area (Å²) >= 11 is 5.22. The van der Waals surface area contributed by atoms with Crippen molar-refractivity contribution < 1.29 is 9.47 Å². The molecule has 0 aliphatic rings. The van der Waals surface area contributed by atoms with E-state index in [1.807, 2.05) is 48.5 Å². The highest BCUT2D eigenvalue weighted by Gasteiger charge is 1.98. The number of ether oxygens (including phenoxy) is 2. The normalized spacial score (nSPS) is 10.6. The number of rotatable bonds is 10. The van der Waals surface area contributed by atoms with Crippen LogP contribution < -0.4 is 20.2 Å². The van der Waals surface area contributed by atoms with Crippen LogP contribution in [-0.4, -0.2) is 25.0 Å². The second kappa shape index (κ2) is 11.9. The molecule has 2 aromatic carbocycles. The molecular formula is C21H27N3O2S. The van der Waals surface area contributed by atoms with Crippen LogP contribution in [0.4, 0.5) is 5.69 Å². The molecule has 2 aromatic rings. The van der Waals surface area contributed by atoms with Crippen molar-refractivity contribution in [3.05, 3.63) is 54.1 Å². The van der Waals surface area contributed by atoms with Gasteiger partial charge in [-0.1, -0.05) is 26.2 Å². The first-order valence-electron chi connectivity index (χ1n) is 9.18. The van der Waals surface area contributed by atoms with Crippen molar-refractivity contribution in [2.45, 2.75) is 32.6 Å². The van der Waals surface area contributed by atoms with Crippen molar-refractivity contribution in [2.75, 3.05) is 19.0 Å². The Morgan fingerprint density at radius 3 is 2.37 bits per heavy atom. The summed E-state index contributed by atoms with van der Waals surface area (Å²) in [6, 6.07) is 15.3. The third-order valence-electron chi connectivity index (χ3n) is 3.87. The number of methoxy groups -OCH3 is 1. The van der Waals surface area contributed by atoms with E-state index < -0.39 is 0 Å². The molecule has 0 saturated carbocycles. The number of nitrogens with zero attached hydrogens (tertiary/aromatic N) is 1. The third kappa shape index (κ3) is 8.09. The summed E-state index contributed by atoms with van der Waals surface area (Å²) in [5.74, 6) is 1.68. The van der Waals surface area contributed by atoms with Crippen molar-refractivity contribution >= 4 is 29.2 Å². The van der Waals surface area contributed by atoms with Crippen LogP contribution in [0, 0.1) is 0 Å². The molecule has 6 heteroatoms. The molecule has 0 aliphatic heterocycles. The summed E-state index contributed by atoms with van der Waals surface area (Å²) in [4.78, 5) is 0. The van der Waals surface area contributed by atoms with Gasteiger partial charge in [-0.15, -0.1) is 0 Å². The molecule has 0 fully saturated rings. The Hall–Kier alpha value is -2.60. The molecule has 144 valence electrons. The van der Waals surface area contributed by atoms with Gasteiger partial charge in [-0.3, -0.25) is 5.43 Å². The average molecular weight is 386 g/mol. The number of hydrogen-bond acceptors (Lipinski definition) is 4. The maximum atomic E-state index is 5.73. The molecule has 27 heavy (non-hydrogen) atoms. The van der Waals surface area contributed by atoms with E-state index in [2.05, 4.69) is 22.8 Å². The smallest absolute Gasteiger partial charge is 0.191 e. The fraction of sp³-hybridized carbons (Fsp3) is 0.333. The molecule has 0 unspecified atom stereocenters. The second-order valence-electron chi connectivity index (χ2n) is 6.03. The summed E-state index contributed by atoms with van der Waals surface area (Å²) in [6.07, 6.45) is 6.53. The van der Waals surface area contributed by atoms with Gasteiger partial charge in [0.2, 0.25) is 0 Å². The summed E-state index contributed by atoms with van der Waals surface area (Å²) in [5.41, 5.74) is 4.63. The first-order valence-corrected chi connectivity index (χ1v) is 9.59. The van der Waals surface area contributed by atoms with Crippen molar-refractivity contribution in [2.24, 2.45) is 5.10 Å².